The number of nitrogens with zero attached hydrogens (tertiary/aromatic N) is 5. The van der Waals surface area contributed by atoms with Crippen LogP contribution in [0.25, 0.3) is 0 Å². The third kappa shape index (κ3) is 7.47. The van der Waals surface area contributed by atoms with Crippen LogP contribution in [-0.4, -0.2) is 77.7 Å². The van der Waals surface area contributed by atoms with Crippen LogP contribution in [0.5, 0.6) is 0 Å². The summed E-state index contributed by atoms with van der Waals surface area (Å²) in [6.45, 7) is 10.1. The van der Waals surface area contributed by atoms with E-state index in [4.69, 9.17) is 9.47 Å². The third-order valence-corrected chi connectivity index (χ3v) is 4.65. The van der Waals surface area contributed by atoms with Crippen molar-refractivity contribution in [3.63, 3.8) is 0 Å². The van der Waals surface area contributed by atoms with E-state index >= 15 is 0 Å². The molecule has 0 radical (unpaired) electrons. The molecular formula is C20H37N7O3. The number of guanidine groups is 1. The van der Waals surface area contributed by atoms with Gasteiger partial charge in [-0.15, -0.1) is 0 Å². The van der Waals surface area contributed by atoms with Crippen LogP contribution >= 0.6 is 0 Å². The zero-order valence-electron chi connectivity index (χ0n) is 19.4. The lowest BCUT2D eigenvalue weighted by molar-refractivity contribution is 0.0278. The molecule has 10 nitrogen and oxygen atoms in total. The van der Waals surface area contributed by atoms with Crippen LogP contribution in [-0.2, 0) is 29.0 Å². The Bertz CT molecular complexity index is 726. The normalized spacial score (nSPS) is 17.8. The van der Waals surface area contributed by atoms with Crippen molar-refractivity contribution in [2.75, 3.05) is 34.3 Å². The molecule has 2 heterocycles. The van der Waals surface area contributed by atoms with Crippen LogP contribution in [0, 0.1) is 5.92 Å². The molecule has 1 aromatic rings. The van der Waals surface area contributed by atoms with Gasteiger partial charge in [0.2, 0.25) is 0 Å². The molecular weight excluding hydrogens is 386 g/mol. The fraction of sp³-hybridized carbons (Fsp3) is 0.800. The molecule has 2 rings (SSSR count). The molecule has 0 fully saturated rings. The Kier molecular flexibility index (Phi) is 8.45. The lowest BCUT2D eigenvalue weighted by Gasteiger charge is -2.28. The molecule has 0 saturated carbocycles. The maximum absolute atomic E-state index is 12.1. The summed E-state index contributed by atoms with van der Waals surface area (Å²) in [5.41, 5.74) is -0.493. The summed E-state index contributed by atoms with van der Waals surface area (Å²) in [6.07, 6.45) is 1.51. The number of aliphatic imine (C=N–C) groups is 1. The maximum atomic E-state index is 12.1. The van der Waals surface area contributed by atoms with E-state index in [1.165, 1.54) is 0 Å². The van der Waals surface area contributed by atoms with E-state index in [1.807, 2.05) is 25.5 Å². The van der Waals surface area contributed by atoms with Gasteiger partial charge in [-0.05, 0) is 33.1 Å². The Morgan fingerprint density at radius 1 is 1.43 bits per heavy atom. The highest BCUT2D eigenvalue weighted by Crippen LogP contribution is 2.14. The average Bonchev–Trinajstić information content (AvgIpc) is 3.05. The zero-order chi connectivity index (χ0) is 22.3. The first-order valence-corrected chi connectivity index (χ1v) is 10.4. The Morgan fingerprint density at radius 3 is 2.80 bits per heavy atom. The van der Waals surface area contributed by atoms with Crippen molar-refractivity contribution < 1.29 is 14.3 Å². The minimum Gasteiger partial charge on any atom is -0.444 e. The summed E-state index contributed by atoms with van der Waals surface area (Å²) in [7, 11) is 5.16. The molecule has 0 saturated heterocycles. The smallest absolute Gasteiger partial charge is 0.410 e. The molecule has 2 N–H and O–H groups in total. The molecule has 0 spiro atoms. The number of hydrogen-bond acceptors (Lipinski definition) is 6. The van der Waals surface area contributed by atoms with Gasteiger partial charge in [-0.25, -0.2) is 14.5 Å². The molecule has 0 aromatic carbocycles. The number of ether oxygens (including phenoxy) is 2. The number of aromatic nitrogens is 3. The molecule has 1 aliphatic rings. The number of hydrogen-bond donors (Lipinski definition) is 2. The number of nitrogens with one attached hydrogen (secondary N) is 2. The molecule has 10 heteroatoms. The summed E-state index contributed by atoms with van der Waals surface area (Å²) in [6, 6.07) is 0.223. The number of methoxy groups -OCH3 is 1. The highest BCUT2D eigenvalue weighted by atomic mass is 16.6. The highest BCUT2D eigenvalue weighted by Gasteiger charge is 2.23. The topological polar surface area (TPSA) is 106 Å². The quantitative estimate of drug-likeness (QED) is 0.504. The number of rotatable bonds is 7. The molecule has 2 unspecified atom stereocenters. The SMILES string of the molecule is CN=C(NCC(C)CN(C)C(=O)OC(C)(C)C)NC1CCc2nc(COC)nn2C1. The van der Waals surface area contributed by atoms with Crippen molar-refractivity contribution in [1.29, 1.82) is 0 Å². The van der Waals surface area contributed by atoms with Gasteiger partial charge in [0.1, 0.15) is 18.0 Å². The lowest BCUT2D eigenvalue weighted by Crippen LogP contribution is -2.48. The molecule has 1 aliphatic heterocycles. The van der Waals surface area contributed by atoms with E-state index in [9.17, 15) is 4.79 Å². The minimum atomic E-state index is -0.493. The number of carbonyl (C=O) groups excluding carboxylic acids is 1. The Morgan fingerprint density at radius 2 is 2.17 bits per heavy atom. The first-order valence-electron chi connectivity index (χ1n) is 10.4. The maximum Gasteiger partial charge on any atom is 0.410 e. The minimum absolute atomic E-state index is 0.223. The lowest BCUT2D eigenvalue weighted by atomic mass is 10.1. The molecule has 1 aromatic heterocycles. The van der Waals surface area contributed by atoms with E-state index in [1.54, 1.807) is 26.1 Å². The van der Waals surface area contributed by atoms with Crippen LogP contribution in [0.3, 0.4) is 0 Å². The van der Waals surface area contributed by atoms with Crippen molar-refractivity contribution in [3.05, 3.63) is 11.6 Å². The first-order chi connectivity index (χ1) is 14.1. The van der Waals surface area contributed by atoms with Crippen molar-refractivity contribution in [2.24, 2.45) is 10.9 Å². The highest BCUT2D eigenvalue weighted by molar-refractivity contribution is 5.80. The van der Waals surface area contributed by atoms with E-state index in [-0.39, 0.29) is 18.1 Å². The van der Waals surface area contributed by atoms with Gasteiger partial charge in [0.25, 0.3) is 0 Å². The predicted molar refractivity (Wildman–Crippen MR) is 115 cm³/mol. The Labute approximate surface area is 179 Å². The fourth-order valence-electron chi connectivity index (χ4n) is 3.27. The summed E-state index contributed by atoms with van der Waals surface area (Å²) >= 11 is 0. The molecule has 0 bridgehead atoms. The van der Waals surface area contributed by atoms with E-state index in [2.05, 4.69) is 32.6 Å². The van der Waals surface area contributed by atoms with Crippen LogP contribution < -0.4 is 10.6 Å². The van der Waals surface area contributed by atoms with Gasteiger partial charge >= 0.3 is 6.09 Å². The molecule has 30 heavy (non-hydrogen) atoms. The van der Waals surface area contributed by atoms with Crippen molar-refractivity contribution in [3.8, 4) is 0 Å². The van der Waals surface area contributed by atoms with E-state index in [0.717, 1.165) is 37.0 Å². The van der Waals surface area contributed by atoms with Gasteiger partial charge < -0.3 is 25.0 Å². The van der Waals surface area contributed by atoms with Crippen LogP contribution in [0.1, 0.15) is 45.8 Å². The van der Waals surface area contributed by atoms with Crippen molar-refractivity contribution >= 4 is 12.1 Å². The first kappa shape index (κ1) is 23.9. The average molecular weight is 424 g/mol. The summed E-state index contributed by atoms with van der Waals surface area (Å²) in [5.74, 6) is 2.69. The fourth-order valence-corrected chi connectivity index (χ4v) is 3.27. The number of carbonyl (C=O) groups is 1. The Balaban J connectivity index is 1.78. The molecule has 170 valence electrons. The van der Waals surface area contributed by atoms with Gasteiger partial charge in [0.15, 0.2) is 11.8 Å². The van der Waals surface area contributed by atoms with Crippen molar-refractivity contribution in [2.45, 2.75) is 65.3 Å². The summed E-state index contributed by atoms with van der Waals surface area (Å²) in [5, 5.41) is 11.3. The molecule has 1 amide bonds. The van der Waals surface area contributed by atoms with Gasteiger partial charge in [0, 0.05) is 46.8 Å². The van der Waals surface area contributed by atoms with Gasteiger partial charge in [-0.3, -0.25) is 4.99 Å². The summed E-state index contributed by atoms with van der Waals surface area (Å²) in [4.78, 5) is 22.6. The third-order valence-electron chi connectivity index (χ3n) is 4.65. The number of amides is 1. The predicted octanol–water partition coefficient (Wildman–Crippen LogP) is 1.41. The van der Waals surface area contributed by atoms with Crippen LogP contribution in [0.4, 0.5) is 4.79 Å². The van der Waals surface area contributed by atoms with Gasteiger partial charge in [0.05, 0.1) is 6.54 Å². The van der Waals surface area contributed by atoms with Gasteiger partial charge in [-0.1, -0.05) is 6.92 Å². The largest absolute Gasteiger partial charge is 0.444 e. The molecule has 2 atom stereocenters. The standard InChI is InChI=1S/C20H37N7O3/c1-14(11-26(6)19(28)30-20(2,3)4)10-22-18(21-5)23-15-8-9-17-24-16(13-29-7)25-27(17)12-15/h14-15H,8-13H2,1-7H3,(H2,21,22,23). The molecule has 0 aliphatic carbocycles. The second-order valence-electron chi connectivity index (χ2n) is 8.86. The number of fused-ring (bicyclic) bond motifs is 1. The van der Waals surface area contributed by atoms with Crippen LogP contribution in [0.2, 0.25) is 0 Å². The van der Waals surface area contributed by atoms with Crippen molar-refractivity contribution in [1.82, 2.24) is 30.3 Å². The number of aryl methyl sites for hydroxylation is 1. The van der Waals surface area contributed by atoms with E-state index < -0.39 is 5.60 Å². The second-order valence-corrected chi connectivity index (χ2v) is 8.86. The van der Waals surface area contributed by atoms with E-state index in [0.29, 0.717) is 19.7 Å². The monoisotopic (exact) mass is 423 g/mol. The van der Waals surface area contributed by atoms with Gasteiger partial charge in [-0.2, -0.15) is 5.10 Å². The second kappa shape index (κ2) is 10.6. The summed E-state index contributed by atoms with van der Waals surface area (Å²) < 4.78 is 12.5. The zero-order valence-corrected chi connectivity index (χ0v) is 19.4. The Hall–Kier alpha value is -2.36. The van der Waals surface area contributed by atoms with Crippen LogP contribution in [0.15, 0.2) is 4.99 Å².